The Kier molecular flexibility index (Phi) is 6.27. The lowest BCUT2D eigenvalue weighted by molar-refractivity contribution is 0.161. The average molecular weight is 284 g/mol. The maximum Gasteiger partial charge on any atom is 0.404 e. The van der Waals surface area contributed by atoms with E-state index in [-0.39, 0.29) is 18.7 Å². The van der Waals surface area contributed by atoms with Crippen LogP contribution in [0.25, 0.3) is 0 Å². The molecule has 1 aromatic heterocycles. The quantitative estimate of drug-likeness (QED) is 0.593. The maximum absolute atomic E-state index is 10.4. The molecule has 1 amide bonds. The van der Waals surface area contributed by atoms with Crippen LogP contribution in [0.15, 0.2) is 0 Å². The molecular weight excluding hydrogens is 264 g/mol. The summed E-state index contributed by atoms with van der Waals surface area (Å²) in [5.41, 5.74) is 4.85. The number of nitrogens with zero attached hydrogens (tertiary/aromatic N) is 3. The second-order valence-electron chi connectivity index (χ2n) is 4.06. The molecule has 0 aliphatic rings. The molecule has 20 heavy (non-hydrogen) atoms. The van der Waals surface area contributed by atoms with Crippen molar-refractivity contribution < 1.29 is 14.3 Å². The minimum atomic E-state index is -0.820. The van der Waals surface area contributed by atoms with E-state index < -0.39 is 6.09 Å². The van der Waals surface area contributed by atoms with Crippen LogP contribution in [0, 0.1) is 0 Å². The molecule has 0 saturated heterocycles. The molecular formula is C11H20N6O3. The van der Waals surface area contributed by atoms with Gasteiger partial charge < -0.3 is 25.8 Å². The Labute approximate surface area is 117 Å². The Morgan fingerprint density at radius 2 is 1.90 bits per heavy atom. The molecule has 112 valence electrons. The fraction of sp³-hybridized carbons (Fsp3) is 0.636. The van der Waals surface area contributed by atoms with Gasteiger partial charge in [-0.15, -0.1) is 0 Å². The van der Waals surface area contributed by atoms with Crippen LogP contribution in [0.3, 0.4) is 0 Å². The molecule has 9 heteroatoms. The highest BCUT2D eigenvalue weighted by Crippen LogP contribution is 2.12. The number of rotatable bonds is 8. The van der Waals surface area contributed by atoms with Crippen molar-refractivity contribution in [2.45, 2.75) is 26.9 Å². The number of anilines is 2. The minimum absolute atomic E-state index is 0.0436. The van der Waals surface area contributed by atoms with Crippen molar-refractivity contribution >= 4 is 18.0 Å². The first-order valence-corrected chi connectivity index (χ1v) is 6.34. The van der Waals surface area contributed by atoms with Gasteiger partial charge in [0.25, 0.3) is 0 Å². The van der Waals surface area contributed by atoms with Gasteiger partial charge in [-0.05, 0) is 20.8 Å². The van der Waals surface area contributed by atoms with E-state index in [9.17, 15) is 4.79 Å². The van der Waals surface area contributed by atoms with E-state index in [0.717, 1.165) is 0 Å². The lowest BCUT2D eigenvalue weighted by Gasteiger charge is -2.11. The highest BCUT2D eigenvalue weighted by molar-refractivity contribution is 5.64. The van der Waals surface area contributed by atoms with Crippen LogP contribution < -0.4 is 21.1 Å². The lowest BCUT2D eigenvalue weighted by Crippen LogP contribution is -2.20. The van der Waals surface area contributed by atoms with Crippen molar-refractivity contribution in [2.75, 3.05) is 30.3 Å². The van der Waals surface area contributed by atoms with E-state index in [4.69, 9.17) is 10.5 Å². The summed E-state index contributed by atoms with van der Waals surface area (Å²) in [6.45, 7) is 6.82. The van der Waals surface area contributed by atoms with Crippen molar-refractivity contribution in [3.8, 4) is 6.01 Å². The first-order valence-electron chi connectivity index (χ1n) is 6.34. The second kappa shape index (κ2) is 7.97. The molecule has 0 unspecified atom stereocenters. The molecule has 1 rings (SSSR count). The maximum atomic E-state index is 10.4. The number of hydrogen-bond donors (Lipinski definition) is 3. The van der Waals surface area contributed by atoms with E-state index in [1.54, 1.807) is 0 Å². The van der Waals surface area contributed by atoms with Gasteiger partial charge in [0.1, 0.15) is 6.61 Å². The van der Waals surface area contributed by atoms with Crippen LogP contribution in [0.2, 0.25) is 0 Å². The van der Waals surface area contributed by atoms with E-state index in [0.29, 0.717) is 25.0 Å². The summed E-state index contributed by atoms with van der Waals surface area (Å²) in [6, 6.07) is 0.226. The Balaban J connectivity index is 2.67. The number of amides is 1. The fourth-order valence-electron chi connectivity index (χ4n) is 1.25. The van der Waals surface area contributed by atoms with Crippen molar-refractivity contribution in [1.29, 1.82) is 0 Å². The zero-order valence-corrected chi connectivity index (χ0v) is 11.8. The Morgan fingerprint density at radius 1 is 1.25 bits per heavy atom. The van der Waals surface area contributed by atoms with Gasteiger partial charge in [0.05, 0.1) is 12.6 Å². The number of carbonyl (C=O) groups excluding carboxylic acids is 1. The third kappa shape index (κ3) is 6.03. The summed E-state index contributed by atoms with van der Waals surface area (Å²) in [5, 5.41) is 5.88. The molecule has 9 nitrogen and oxygen atoms in total. The van der Waals surface area contributed by atoms with Crippen molar-refractivity contribution in [1.82, 2.24) is 15.0 Å². The topological polar surface area (TPSA) is 124 Å². The van der Waals surface area contributed by atoms with Gasteiger partial charge in [-0.1, -0.05) is 0 Å². The number of carbonyl (C=O) groups is 1. The molecule has 1 aromatic rings. The van der Waals surface area contributed by atoms with Crippen LogP contribution in [-0.2, 0) is 4.74 Å². The molecule has 0 saturated carbocycles. The summed E-state index contributed by atoms with van der Waals surface area (Å²) in [6.07, 6.45) is -0.863. The van der Waals surface area contributed by atoms with Crippen molar-refractivity contribution in [3.05, 3.63) is 0 Å². The van der Waals surface area contributed by atoms with Crippen molar-refractivity contribution in [2.24, 2.45) is 5.73 Å². The van der Waals surface area contributed by atoms with Gasteiger partial charge in [0.2, 0.25) is 11.9 Å². The van der Waals surface area contributed by atoms with Crippen molar-refractivity contribution in [3.63, 3.8) is 0 Å². The Morgan fingerprint density at radius 3 is 2.45 bits per heavy atom. The molecule has 0 radical (unpaired) electrons. The van der Waals surface area contributed by atoms with Gasteiger partial charge >= 0.3 is 12.1 Å². The van der Waals surface area contributed by atoms with Gasteiger partial charge in [0, 0.05) is 6.54 Å². The lowest BCUT2D eigenvalue weighted by atomic mass is 10.5. The molecule has 0 fully saturated rings. The van der Waals surface area contributed by atoms with Crippen LogP contribution in [0.5, 0.6) is 6.01 Å². The second-order valence-corrected chi connectivity index (χ2v) is 4.06. The summed E-state index contributed by atoms with van der Waals surface area (Å²) in [7, 11) is 0. The van der Waals surface area contributed by atoms with Crippen LogP contribution in [-0.4, -0.2) is 46.8 Å². The van der Waals surface area contributed by atoms with Crippen LogP contribution in [0.1, 0.15) is 20.8 Å². The molecule has 0 aromatic carbocycles. The standard InChI is InChI=1S/C11H20N6O3/c1-4-13-9-15-10(14-5-6-19-8(12)18)17-11(16-9)20-7(2)3/h7H,4-6H2,1-3H3,(H2,12,18)(H2,13,14,15,16,17). The third-order valence-corrected chi connectivity index (χ3v) is 1.92. The van der Waals surface area contributed by atoms with E-state index in [1.807, 2.05) is 20.8 Å². The Bertz CT molecular complexity index is 440. The third-order valence-electron chi connectivity index (χ3n) is 1.92. The minimum Gasteiger partial charge on any atom is -0.461 e. The SMILES string of the molecule is CCNc1nc(NCCOC(N)=O)nc(OC(C)C)n1. The average Bonchev–Trinajstić information content (AvgIpc) is 2.34. The number of hydrogen-bond acceptors (Lipinski definition) is 8. The Hall–Kier alpha value is -2.32. The molecule has 0 atom stereocenters. The number of aromatic nitrogens is 3. The predicted octanol–water partition coefficient (Wildman–Crippen LogP) is 0.598. The van der Waals surface area contributed by atoms with Crippen LogP contribution in [0.4, 0.5) is 16.7 Å². The van der Waals surface area contributed by atoms with E-state index in [1.165, 1.54) is 0 Å². The zero-order chi connectivity index (χ0) is 15.0. The summed E-state index contributed by atoms with van der Waals surface area (Å²) < 4.78 is 10.0. The van der Waals surface area contributed by atoms with Gasteiger partial charge in [-0.2, -0.15) is 15.0 Å². The van der Waals surface area contributed by atoms with E-state index >= 15 is 0 Å². The summed E-state index contributed by atoms with van der Waals surface area (Å²) in [4.78, 5) is 22.8. The molecule has 1 heterocycles. The first kappa shape index (κ1) is 15.7. The van der Waals surface area contributed by atoms with E-state index in [2.05, 4.69) is 30.3 Å². The summed E-state index contributed by atoms with van der Waals surface area (Å²) >= 11 is 0. The number of ether oxygens (including phenoxy) is 2. The monoisotopic (exact) mass is 284 g/mol. The number of nitrogens with one attached hydrogen (secondary N) is 2. The zero-order valence-electron chi connectivity index (χ0n) is 11.8. The molecule has 0 aliphatic carbocycles. The van der Waals surface area contributed by atoms with Gasteiger partial charge in [-0.25, -0.2) is 4.79 Å². The molecule has 0 spiro atoms. The summed E-state index contributed by atoms with van der Waals surface area (Å²) in [5.74, 6) is 0.746. The molecule has 4 N–H and O–H groups in total. The molecule has 0 aliphatic heterocycles. The number of nitrogens with two attached hydrogens (primary N) is 1. The van der Waals surface area contributed by atoms with Crippen LogP contribution >= 0.6 is 0 Å². The largest absolute Gasteiger partial charge is 0.461 e. The first-order chi connectivity index (χ1) is 9.51. The number of primary amides is 1. The molecule has 0 bridgehead atoms. The van der Waals surface area contributed by atoms with Gasteiger partial charge in [-0.3, -0.25) is 0 Å². The fourth-order valence-corrected chi connectivity index (χ4v) is 1.25. The smallest absolute Gasteiger partial charge is 0.404 e. The normalized spacial score (nSPS) is 10.2. The highest BCUT2D eigenvalue weighted by atomic mass is 16.5. The highest BCUT2D eigenvalue weighted by Gasteiger charge is 2.08. The predicted molar refractivity (Wildman–Crippen MR) is 73.8 cm³/mol. The van der Waals surface area contributed by atoms with Gasteiger partial charge in [0.15, 0.2) is 0 Å².